The number of amides is 1. The summed E-state index contributed by atoms with van der Waals surface area (Å²) in [5.41, 5.74) is -1.85. The molecule has 0 N–H and O–H groups in total. The van der Waals surface area contributed by atoms with Crippen molar-refractivity contribution in [1.82, 2.24) is 0 Å². The van der Waals surface area contributed by atoms with Gasteiger partial charge < -0.3 is 18.6 Å². The third kappa shape index (κ3) is 4.50. The number of hydrogen-bond acceptors (Lipinski definition) is 8. The van der Waals surface area contributed by atoms with Gasteiger partial charge in [0.25, 0.3) is 5.54 Å². The summed E-state index contributed by atoms with van der Waals surface area (Å²) in [6, 6.07) is 9.84. The zero-order chi connectivity index (χ0) is 24.9. The zero-order valence-electron chi connectivity index (χ0n) is 18.9. The number of benzene rings is 1. The number of hydrogen-bond donors (Lipinski definition) is 0. The second-order valence-corrected chi connectivity index (χ2v) is 8.10. The Morgan fingerprint density at radius 1 is 1.12 bits per heavy atom. The van der Waals surface area contributed by atoms with E-state index in [0.717, 1.165) is 4.90 Å². The van der Waals surface area contributed by atoms with Crippen LogP contribution in [0, 0.1) is 0 Å². The van der Waals surface area contributed by atoms with E-state index < -0.39 is 35.3 Å². The number of carbonyl (C=O) groups excluding carboxylic acids is 4. The Labute approximate surface area is 204 Å². The monoisotopic (exact) mass is 533 g/mol. The smallest absolute Gasteiger partial charge is 0.345 e. The Balaban J connectivity index is 2.21. The molecule has 0 aliphatic carbocycles. The molecule has 1 fully saturated rings. The highest BCUT2D eigenvalue weighted by atomic mass is 79.9. The number of anilines is 1. The maximum Gasteiger partial charge on any atom is 0.345 e. The van der Waals surface area contributed by atoms with E-state index in [-0.39, 0.29) is 31.2 Å². The molecule has 1 unspecified atom stereocenters. The fourth-order valence-electron chi connectivity index (χ4n) is 3.93. The van der Waals surface area contributed by atoms with Crippen LogP contribution in [0.1, 0.15) is 37.7 Å². The van der Waals surface area contributed by atoms with Gasteiger partial charge in [0.05, 0.1) is 31.9 Å². The summed E-state index contributed by atoms with van der Waals surface area (Å²) in [6.07, 6.45) is 2.33. The standard InChI is InChI=1S/C24H24BrNO8/c1-4-32-22(29)24(23(30)33-5-2)16(19-12-10-15(34-19)11-13-21(28)31-3)14-20(27)26(24)18-9-7-6-8-17(18)25/h6-13,16H,4-5,14H2,1-3H3/b13-11+. The van der Waals surface area contributed by atoms with Crippen molar-refractivity contribution in [2.24, 2.45) is 0 Å². The molecular formula is C24H24BrNO8. The van der Waals surface area contributed by atoms with Crippen LogP contribution in [-0.4, -0.2) is 49.7 Å². The van der Waals surface area contributed by atoms with Crippen LogP contribution in [0.5, 0.6) is 0 Å². The van der Waals surface area contributed by atoms with E-state index >= 15 is 0 Å². The van der Waals surface area contributed by atoms with Crippen LogP contribution in [-0.2, 0) is 33.4 Å². The van der Waals surface area contributed by atoms with Crippen molar-refractivity contribution in [3.05, 3.63) is 58.5 Å². The van der Waals surface area contributed by atoms with Crippen LogP contribution in [0.25, 0.3) is 6.08 Å². The fourth-order valence-corrected chi connectivity index (χ4v) is 4.39. The lowest BCUT2D eigenvalue weighted by Gasteiger charge is -2.37. The van der Waals surface area contributed by atoms with Gasteiger partial charge in [-0.2, -0.15) is 0 Å². The van der Waals surface area contributed by atoms with E-state index in [4.69, 9.17) is 13.9 Å². The molecule has 34 heavy (non-hydrogen) atoms. The van der Waals surface area contributed by atoms with Crippen molar-refractivity contribution in [3.63, 3.8) is 0 Å². The molecule has 1 atom stereocenters. The molecule has 9 nitrogen and oxygen atoms in total. The lowest BCUT2D eigenvalue weighted by atomic mass is 9.82. The molecule has 0 bridgehead atoms. The van der Waals surface area contributed by atoms with Crippen LogP contribution in [0.2, 0.25) is 0 Å². The summed E-state index contributed by atoms with van der Waals surface area (Å²) in [5.74, 6) is -3.51. The summed E-state index contributed by atoms with van der Waals surface area (Å²) in [5, 5.41) is 0. The van der Waals surface area contributed by atoms with Gasteiger partial charge in [-0.05, 0) is 60.1 Å². The van der Waals surface area contributed by atoms with E-state index in [2.05, 4.69) is 20.7 Å². The first-order valence-corrected chi connectivity index (χ1v) is 11.4. The summed E-state index contributed by atoms with van der Waals surface area (Å²) in [7, 11) is 1.24. The molecule has 0 saturated carbocycles. The van der Waals surface area contributed by atoms with Gasteiger partial charge in [0.15, 0.2) is 0 Å². The van der Waals surface area contributed by atoms with Crippen LogP contribution < -0.4 is 4.90 Å². The summed E-state index contributed by atoms with van der Waals surface area (Å²) in [4.78, 5) is 53.0. The van der Waals surface area contributed by atoms with Gasteiger partial charge in [-0.25, -0.2) is 14.4 Å². The highest BCUT2D eigenvalue weighted by Gasteiger charge is 2.67. The number of furan rings is 1. The molecule has 3 rings (SSSR count). The summed E-state index contributed by atoms with van der Waals surface area (Å²) < 4.78 is 21.6. The molecule has 10 heteroatoms. The average molecular weight is 534 g/mol. The number of para-hydroxylation sites is 1. The van der Waals surface area contributed by atoms with Gasteiger partial charge in [-0.1, -0.05) is 12.1 Å². The van der Waals surface area contributed by atoms with Crippen molar-refractivity contribution in [2.75, 3.05) is 25.2 Å². The maximum absolute atomic E-state index is 13.5. The van der Waals surface area contributed by atoms with E-state index in [0.29, 0.717) is 10.2 Å². The van der Waals surface area contributed by atoms with Crippen molar-refractivity contribution in [2.45, 2.75) is 31.7 Å². The Hall–Kier alpha value is -3.40. The Morgan fingerprint density at radius 2 is 1.76 bits per heavy atom. The molecule has 2 aromatic rings. The molecule has 1 saturated heterocycles. The number of methoxy groups -OCH3 is 1. The Kier molecular flexibility index (Phi) is 7.93. The Morgan fingerprint density at radius 3 is 2.35 bits per heavy atom. The molecular weight excluding hydrogens is 510 g/mol. The van der Waals surface area contributed by atoms with Gasteiger partial charge >= 0.3 is 17.9 Å². The minimum absolute atomic E-state index is 0.0179. The van der Waals surface area contributed by atoms with Gasteiger partial charge in [-0.3, -0.25) is 9.69 Å². The lowest BCUT2D eigenvalue weighted by molar-refractivity contribution is -0.165. The summed E-state index contributed by atoms with van der Waals surface area (Å²) >= 11 is 3.41. The van der Waals surface area contributed by atoms with E-state index in [1.165, 1.54) is 19.3 Å². The van der Waals surface area contributed by atoms with Crippen LogP contribution in [0.4, 0.5) is 5.69 Å². The molecule has 180 valence electrons. The first-order chi connectivity index (χ1) is 16.3. The molecule has 0 radical (unpaired) electrons. The van der Waals surface area contributed by atoms with E-state index in [1.807, 2.05) is 0 Å². The summed E-state index contributed by atoms with van der Waals surface area (Å²) in [6.45, 7) is 3.17. The predicted octanol–water partition coefficient (Wildman–Crippen LogP) is 3.61. The molecule has 1 aromatic carbocycles. The first kappa shape index (κ1) is 25.2. The second kappa shape index (κ2) is 10.7. The SMILES string of the molecule is CCOC(=O)C1(C(=O)OCC)C(c2ccc(/C=C/C(=O)OC)o2)CC(=O)N1c1ccccc1Br. The van der Waals surface area contributed by atoms with Crippen molar-refractivity contribution in [1.29, 1.82) is 0 Å². The number of nitrogens with zero attached hydrogens (tertiary/aromatic N) is 1. The highest BCUT2D eigenvalue weighted by Crippen LogP contribution is 2.49. The van der Waals surface area contributed by atoms with Crippen molar-refractivity contribution >= 4 is 51.5 Å². The van der Waals surface area contributed by atoms with Crippen molar-refractivity contribution < 1.29 is 37.8 Å². The van der Waals surface area contributed by atoms with Gasteiger partial charge in [0, 0.05) is 17.0 Å². The van der Waals surface area contributed by atoms with Crippen LogP contribution in [0.3, 0.4) is 0 Å². The first-order valence-electron chi connectivity index (χ1n) is 10.6. The zero-order valence-corrected chi connectivity index (χ0v) is 20.5. The van der Waals surface area contributed by atoms with E-state index in [1.54, 1.807) is 50.2 Å². The molecule has 0 spiro atoms. The minimum atomic E-state index is -2.16. The highest BCUT2D eigenvalue weighted by molar-refractivity contribution is 9.10. The lowest BCUT2D eigenvalue weighted by Crippen LogP contribution is -2.62. The van der Waals surface area contributed by atoms with Gasteiger partial charge in [-0.15, -0.1) is 0 Å². The van der Waals surface area contributed by atoms with Crippen molar-refractivity contribution in [3.8, 4) is 0 Å². The minimum Gasteiger partial charge on any atom is -0.466 e. The average Bonchev–Trinajstić information content (AvgIpc) is 3.41. The molecule has 2 heterocycles. The molecule has 1 aliphatic heterocycles. The number of rotatable bonds is 8. The van der Waals surface area contributed by atoms with Gasteiger partial charge in [0.1, 0.15) is 11.5 Å². The number of ether oxygens (including phenoxy) is 3. The number of esters is 3. The maximum atomic E-state index is 13.5. The molecule has 1 aromatic heterocycles. The van der Waals surface area contributed by atoms with Gasteiger partial charge in [0.2, 0.25) is 5.91 Å². The van der Waals surface area contributed by atoms with E-state index in [9.17, 15) is 19.2 Å². The normalized spacial score (nSPS) is 17.1. The topological polar surface area (TPSA) is 112 Å². The largest absolute Gasteiger partial charge is 0.466 e. The second-order valence-electron chi connectivity index (χ2n) is 7.24. The number of carbonyl (C=O) groups is 4. The quantitative estimate of drug-likeness (QED) is 0.219. The Bertz CT molecular complexity index is 1100. The number of halogens is 1. The predicted molar refractivity (Wildman–Crippen MR) is 125 cm³/mol. The third-order valence-corrected chi connectivity index (χ3v) is 6.00. The fraction of sp³-hybridized carbons (Fsp3) is 0.333. The van der Waals surface area contributed by atoms with Crippen LogP contribution in [0.15, 0.2) is 51.4 Å². The molecule has 1 amide bonds. The molecule has 1 aliphatic rings. The van der Waals surface area contributed by atoms with Crippen LogP contribution >= 0.6 is 15.9 Å². The third-order valence-electron chi connectivity index (χ3n) is 5.33.